The van der Waals surface area contributed by atoms with Crippen molar-refractivity contribution in [2.75, 3.05) is 0 Å². The fourth-order valence-corrected chi connectivity index (χ4v) is 2.34. The molecule has 0 radical (unpaired) electrons. The van der Waals surface area contributed by atoms with Crippen LogP contribution in [0.3, 0.4) is 0 Å². The molecule has 4 nitrogen and oxygen atoms in total. The van der Waals surface area contributed by atoms with E-state index in [4.69, 9.17) is 4.74 Å². The van der Waals surface area contributed by atoms with Crippen LogP contribution in [0.2, 0.25) is 0 Å². The topological polar surface area (TPSA) is 60.4 Å². The molecule has 0 aromatic carbocycles. The minimum atomic E-state index is -1.13. The molecule has 0 bridgehead atoms. The molecule has 0 saturated carbocycles. The van der Waals surface area contributed by atoms with E-state index in [1.165, 1.54) is 25.5 Å². The van der Waals surface area contributed by atoms with E-state index >= 15 is 0 Å². The minimum absolute atomic E-state index is 0.214. The van der Waals surface area contributed by atoms with E-state index < -0.39 is 11.6 Å². The van der Waals surface area contributed by atoms with Crippen LogP contribution in [0.5, 0.6) is 0 Å². The van der Waals surface area contributed by atoms with Crippen molar-refractivity contribution in [3.8, 4) is 0 Å². The van der Waals surface area contributed by atoms with Gasteiger partial charge in [0.2, 0.25) is 0 Å². The van der Waals surface area contributed by atoms with Gasteiger partial charge in [-0.25, -0.2) is 0 Å². The number of allylic oxidation sites excluding steroid dienone is 3. The molecular formula is C17H22O4. The molecule has 0 amide bonds. The highest BCUT2D eigenvalue weighted by atomic mass is 16.6. The van der Waals surface area contributed by atoms with Crippen LogP contribution >= 0.6 is 0 Å². The summed E-state index contributed by atoms with van der Waals surface area (Å²) >= 11 is 0. The van der Waals surface area contributed by atoms with Gasteiger partial charge in [0.15, 0.2) is 11.4 Å². The normalized spacial score (nSPS) is 23.1. The largest absolute Gasteiger partial charge is 0.450 e. The highest BCUT2D eigenvalue weighted by Crippen LogP contribution is 2.34. The number of aldehydes is 1. The third-order valence-electron chi connectivity index (χ3n) is 3.35. The van der Waals surface area contributed by atoms with E-state index in [9.17, 15) is 14.4 Å². The molecule has 1 aliphatic rings. The lowest BCUT2D eigenvalue weighted by Crippen LogP contribution is -2.33. The highest BCUT2D eigenvalue weighted by Gasteiger charge is 2.41. The predicted molar refractivity (Wildman–Crippen MR) is 80.7 cm³/mol. The molecule has 0 N–H and O–H groups in total. The number of rotatable bonds is 8. The highest BCUT2D eigenvalue weighted by molar-refractivity contribution is 6.11. The van der Waals surface area contributed by atoms with Gasteiger partial charge in [0.1, 0.15) is 6.29 Å². The first-order chi connectivity index (χ1) is 10.1. The van der Waals surface area contributed by atoms with E-state index in [1.807, 2.05) is 12.2 Å². The maximum atomic E-state index is 11.8. The van der Waals surface area contributed by atoms with Gasteiger partial charge in [-0.3, -0.25) is 14.4 Å². The maximum absolute atomic E-state index is 11.8. The van der Waals surface area contributed by atoms with Crippen LogP contribution in [0.4, 0.5) is 0 Å². The van der Waals surface area contributed by atoms with Gasteiger partial charge in [0.25, 0.3) is 0 Å². The fraction of sp³-hybridized carbons (Fsp3) is 0.471. The lowest BCUT2D eigenvalue weighted by Gasteiger charge is -2.27. The zero-order chi connectivity index (χ0) is 15.7. The molecule has 0 aromatic rings. The lowest BCUT2D eigenvalue weighted by atomic mass is 9.92. The summed E-state index contributed by atoms with van der Waals surface area (Å²) in [6.45, 7) is 3.44. The summed E-state index contributed by atoms with van der Waals surface area (Å²) in [5, 5.41) is 0. The van der Waals surface area contributed by atoms with Crippen LogP contribution in [0.1, 0.15) is 46.0 Å². The number of hydrogen-bond acceptors (Lipinski definition) is 4. The monoisotopic (exact) mass is 290 g/mol. The van der Waals surface area contributed by atoms with Crippen molar-refractivity contribution in [2.24, 2.45) is 0 Å². The van der Waals surface area contributed by atoms with Gasteiger partial charge >= 0.3 is 5.97 Å². The van der Waals surface area contributed by atoms with Crippen LogP contribution in [-0.4, -0.2) is 23.6 Å². The molecule has 1 aliphatic carbocycles. The van der Waals surface area contributed by atoms with Crippen molar-refractivity contribution < 1.29 is 19.1 Å². The van der Waals surface area contributed by atoms with Crippen LogP contribution < -0.4 is 0 Å². The molecule has 4 heteroatoms. The zero-order valence-electron chi connectivity index (χ0n) is 12.6. The number of carbonyl (C=O) groups excluding carboxylic acids is 3. The van der Waals surface area contributed by atoms with Crippen LogP contribution in [0, 0.1) is 0 Å². The van der Waals surface area contributed by atoms with Crippen molar-refractivity contribution in [1.29, 1.82) is 0 Å². The van der Waals surface area contributed by atoms with Gasteiger partial charge in [-0.05, 0) is 31.1 Å². The molecular weight excluding hydrogens is 268 g/mol. The van der Waals surface area contributed by atoms with E-state index in [1.54, 1.807) is 6.08 Å². The SMILES string of the molecule is CCCCC/C=C\CC1(OC(C)=O)C=CC(=O)/C1=C\C=O. The molecule has 0 heterocycles. The van der Waals surface area contributed by atoms with Crippen LogP contribution in [-0.2, 0) is 19.1 Å². The number of hydrogen-bond donors (Lipinski definition) is 0. The standard InChI is InChI=1S/C17H22O4/c1-3-4-5-6-7-8-11-17(21-14(2)19)12-9-16(20)15(17)10-13-18/h7-10,12-13H,3-6,11H2,1-2H3/b8-7-,15-10+. The summed E-state index contributed by atoms with van der Waals surface area (Å²) in [5.41, 5.74) is -0.920. The van der Waals surface area contributed by atoms with E-state index in [-0.39, 0.29) is 11.4 Å². The average Bonchev–Trinajstić information content (AvgIpc) is 2.72. The third-order valence-corrected chi connectivity index (χ3v) is 3.35. The van der Waals surface area contributed by atoms with E-state index in [0.717, 1.165) is 19.3 Å². The molecule has 0 aromatic heterocycles. The van der Waals surface area contributed by atoms with Gasteiger partial charge in [-0.2, -0.15) is 0 Å². The van der Waals surface area contributed by atoms with Gasteiger partial charge in [0, 0.05) is 13.3 Å². The van der Waals surface area contributed by atoms with Crippen molar-refractivity contribution in [2.45, 2.75) is 51.6 Å². The third kappa shape index (κ3) is 4.81. The van der Waals surface area contributed by atoms with Gasteiger partial charge in [-0.1, -0.05) is 31.9 Å². The van der Waals surface area contributed by atoms with Gasteiger partial charge in [-0.15, -0.1) is 0 Å². The van der Waals surface area contributed by atoms with Gasteiger partial charge < -0.3 is 4.74 Å². The second-order valence-electron chi connectivity index (χ2n) is 5.07. The fourth-order valence-electron chi connectivity index (χ4n) is 2.34. The van der Waals surface area contributed by atoms with Crippen LogP contribution in [0.25, 0.3) is 0 Å². The first-order valence-electron chi connectivity index (χ1n) is 7.30. The summed E-state index contributed by atoms with van der Waals surface area (Å²) < 4.78 is 5.34. The molecule has 1 unspecified atom stereocenters. The first kappa shape index (κ1) is 17.1. The quantitative estimate of drug-likeness (QED) is 0.227. The smallest absolute Gasteiger partial charge is 0.303 e. The van der Waals surface area contributed by atoms with E-state index in [2.05, 4.69) is 6.92 Å². The number of esters is 1. The number of ketones is 1. The Balaban J connectivity index is 2.82. The summed E-state index contributed by atoms with van der Waals surface area (Å²) in [4.78, 5) is 33.8. The molecule has 0 aliphatic heterocycles. The second-order valence-corrected chi connectivity index (χ2v) is 5.07. The Hall–Kier alpha value is -1.97. The summed E-state index contributed by atoms with van der Waals surface area (Å²) in [6, 6.07) is 0. The van der Waals surface area contributed by atoms with Crippen LogP contribution in [0.15, 0.2) is 36.0 Å². The lowest BCUT2D eigenvalue weighted by molar-refractivity contribution is -0.149. The number of ether oxygens (including phenoxy) is 1. The Morgan fingerprint density at radius 3 is 2.71 bits per heavy atom. The molecule has 0 saturated heterocycles. The second kappa shape index (κ2) is 8.35. The molecule has 1 atom stereocenters. The molecule has 114 valence electrons. The molecule has 21 heavy (non-hydrogen) atoms. The summed E-state index contributed by atoms with van der Waals surface area (Å²) in [6.07, 6.45) is 13.3. The molecule has 1 rings (SSSR count). The predicted octanol–water partition coefficient (Wildman–Crippen LogP) is 3.08. The van der Waals surface area contributed by atoms with Crippen molar-refractivity contribution in [3.05, 3.63) is 36.0 Å². The summed E-state index contributed by atoms with van der Waals surface area (Å²) in [7, 11) is 0. The minimum Gasteiger partial charge on any atom is -0.450 e. The number of unbranched alkanes of at least 4 members (excludes halogenated alkanes) is 3. The Morgan fingerprint density at radius 2 is 2.10 bits per heavy atom. The Morgan fingerprint density at radius 1 is 1.33 bits per heavy atom. The maximum Gasteiger partial charge on any atom is 0.303 e. The average molecular weight is 290 g/mol. The Kier molecular flexibility index (Phi) is 6.79. The number of carbonyl (C=O) groups is 3. The molecule has 0 spiro atoms. The van der Waals surface area contributed by atoms with Crippen molar-refractivity contribution in [3.63, 3.8) is 0 Å². The summed E-state index contributed by atoms with van der Waals surface area (Å²) in [5.74, 6) is -0.770. The van der Waals surface area contributed by atoms with Crippen molar-refractivity contribution in [1.82, 2.24) is 0 Å². The van der Waals surface area contributed by atoms with Crippen molar-refractivity contribution >= 4 is 18.0 Å². The van der Waals surface area contributed by atoms with Gasteiger partial charge in [0.05, 0.1) is 5.57 Å². The van der Waals surface area contributed by atoms with E-state index in [0.29, 0.717) is 12.7 Å². The Labute approximate surface area is 125 Å². The zero-order valence-corrected chi connectivity index (χ0v) is 12.6. The molecule has 0 fully saturated rings. The Bertz CT molecular complexity index is 485. The first-order valence-corrected chi connectivity index (χ1v) is 7.30.